The van der Waals surface area contributed by atoms with Crippen molar-refractivity contribution < 1.29 is 9.21 Å². The third-order valence-corrected chi connectivity index (χ3v) is 5.31. The third-order valence-electron chi connectivity index (χ3n) is 4.09. The number of hydrogen-bond donors (Lipinski definition) is 1. The second-order valence-electron chi connectivity index (χ2n) is 6.80. The van der Waals surface area contributed by atoms with Crippen molar-refractivity contribution in [3.63, 3.8) is 0 Å². The number of benzene rings is 1. The van der Waals surface area contributed by atoms with Gasteiger partial charge in [0.1, 0.15) is 5.76 Å². The van der Waals surface area contributed by atoms with Gasteiger partial charge in [0, 0.05) is 17.1 Å². The highest BCUT2D eigenvalue weighted by molar-refractivity contribution is 7.99. The minimum atomic E-state index is -0.00811. The standard InChI is InChI=1S/C20H23ClN4O2S/c1-14(2)9-10-22-18(26)13-28-20-24-23-19(15-5-7-16(21)8-6-15)25(20)12-17-4-3-11-27-17/h3-8,11,14H,9-10,12-13H2,1-2H3,(H,22,26). The second kappa shape index (κ2) is 9.80. The van der Waals surface area contributed by atoms with Crippen molar-refractivity contribution in [3.05, 3.63) is 53.4 Å². The van der Waals surface area contributed by atoms with Gasteiger partial charge in [-0.05, 0) is 48.7 Å². The molecule has 0 saturated carbocycles. The molecule has 0 aliphatic heterocycles. The predicted octanol–water partition coefficient (Wildman–Crippen LogP) is 4.49. The number of thioether (sulfide) groups is 1. The van der Waals surface area contributed by atoms with E-state index in [4.69, 9.17) is 16.0 Å². The SMILES string of the molecule is CC(C)CCNC(=O)CSc1nnc(-c2ccc(Cl)cc2)n1Cc1ccco1. The van der Waals surface area contributed by atoms with Crippen molar-refractivity contribution in [2.75, 3.05) is 12.3 Å². The molecule has 1 N–H and O–H groups in total. The van der Waals surface area contributed by atoms with E-state index in [1.807, 2.05) is 41.0 Å². The number of aromatic nitrogens is 3. The third kappa shape index (κ3) is 5.62. The lowest BCUT2D eigenvalue weighted by Crippen LogP contribution is -2.27. The summed E-state index contributed by atoms with van der Waals surface area (Å²) in [6.45, 7) is 5.44. The first-order chi connectivity index (χ1) is 13.5. The fraction of sp³-hybridized carbons (Fsp3) is 0.350. The van der Waals surface area contributed by atoms with E-state index >= 15 is 0 Å². The van der Waals surface area contributed by atoms with Crippen LogP contribution >= 0.6 is 23.4 Å². The van der Waals surface area contributed by atoms with Crippen molar-refractivity contribution in [1.29, 1.82) is 0 Å². The lowest BCUT2D eigenvalue weighted by atomic mass is 10.1. The fourth-order valence-electron chi connectivity index (χ4n) is 2.59. The molecule has 1 amide bonds. The van der Waals surface area contributed by atoms with E-state index in [0.717, 1.165) is 17.7 Å². The van der Waals surface area contributed by atoms with Gasteiger partial charge in [0.05, 0.1) is 18.6 Å². The van der Waals surface area contributed by atoms with Gasteiger partial charge in [0.2, 0.25) is 5.91 Å². The molecular formula is C20H23ClN4O2S. The Bertz CT molecular complexity index is 892. The Labute approximate surface area is 173 Å². The van der Waals surface area contributed by atoms with Gasteiger partial charge in [-0.15, -0.1) is 10.2 Å². The number of carbonyl (C=O) groups excluding carboxylic acids is 1. The quantitative estimate of drug-likeness (QED) is 0.518. The van der Waals surface area contributed by atoms with Gasteiger partial charge < -0.3 is 9.73 Å². The normalized spacial score (nSPS) is 11.1. The van der Waals surface area contributed by atoms with Crippen LogP contribution in [-0.2, 0) is 11.3 Å². The van der Waals surface area contributed by atoms with Crippen molar-refractivity contribution in [3.8, 4) is 11.4 Å². The first kappa shape index (κ1) is 20.5. The Morgan fingerprint density at radius 3 is 2.71 bits per heavy atom. The largest absolute Gasteiger partial charge is 0.467 e. The Morgan fingerprint density at radius 1 is 1.25 bits per heavy atom. The van der Waals surface area contributed by atoms with E-state index in [2.05, 4.69) is 29.4 Å². The number of halogens is 1. The molecule has 0 saturated heterocycles. The summed E-state index contributed by atoms with van der Waals surface area (Å²) in [5.74, 6) is 2.33. The number of nitrogens with zero attached hydrogens (tertiary/aromatic N) is 3. The summed E-state index contributed by atoms with van der Waals surface area (Å²) in [4.78, 5) is 12.1. The average Bonchev–Trinajstić information content (AvgIpc) is 3.31. The maximum absolute atomic E-state index is 12.1. The second-order valence-corrected chi connectivity index (χ2v) is 8.18. The summed E-state index contributed by atoms with van der Waals surface area (Å²) in [6.07, 6.45) is 2.60. The summed E-state index contributed by atoms with van der Waals surface area (Å²) in [7, 11) is 0. The summed E-state index contributed by atoms with van der Waals surface area (Å²) in [5.41, 5.74) is 0.900. The number of furan rings is 1. The van der Waals surface area contributed by atoms with E-state index < -0.39 is 0 Å². The summed E-state index contributed by atoms with van der Waals surface area (Å²) in [5, 5.41) is 12.9. The number of rotatable bonds is 9. The number of amides is 1. The maximum atomic E-state index is 12.1. The number of hydrogen-bond acceptors (Lipinski definition) is 5. The summed E-state index contributed by atoms with van der Waals surface area (Å²) >= 11 is 7.36. The van der Waals surface area contributed by atoms with Crippen LogP contribution < -0.4 is 5.32 Å². The van der Waals surface area contributed by atoms with E-state index in [9.17, 15) is 4.79 Å². The highest BCUT2D eigenvalue weighted by atomic mass is 35.5. The molecule has 148 valence electrons. The molecule has 2 heterocycles. The minimum absolute atomic E-state index is 0.00811. The molecule has 0 atom stereocenters. The molecule has 2 aromatic heterocycles. The molecule has 8 heteroatoms. The highest BCUT2D eigenvalue weighted by Gasteiger charge is 2.17. The van der Waals surface area contributed by atoms with Crippen LogP contribution in [0.4, 0.5) is 0 Å². The maximum Gasteiger partial charge on any atom is 0.230 e. The molecule has 6 nitrogen and oxygen atoms in total. The molecule has 0 aliphatic rings. The van der Waals surface area contributed by atoms with Gasteiger partial charge in [0.15, 0.2) is 11.0 Å². The van der Waals surface area contributed by atoms with E-state index in [0.29, 0.717) is 35.0 Å². The van der Waals surface area contributed by atoms with Gasteiger partial charge in [-0.3, -0.25) is 9.36 Å². The Balaban J connectivity index is 1.75. The molecule has 0 spiro atoms. The van der Waals surface area contributed by atoms with Crippen LogP contribution in [0.5, 0.6) is 0 Å². The summed E-state index contributed by atoms with van der Waals surface area (Å²) < 4.78 is 7.44. The lowest BCUT2D eigenvalue weighted by molar-refractivity contribution is -0.118. The average molecular weight is 419 g/mol. The van der Waals surface area contributed by atoms with Crippen LogP contribution in [0.2, 0.25) is 5.02 Å². The smallest absolute Gasteiger partial charge is 0.230 e. The van der Waals surface area contributed by atoms with Crippen molar-refractivity contribution in [2.24, 2.45) is 5.92 Å². The predicted molar refractivity (Wildman–Crippen MR) is 111 cm³/mol. The first-order valence-corrected chi connectivity index (χ1v) is 10.5. The molecule has 3 aromatic rings. The molecule has 28 heavy (non-hydrogen) atoms. The van der Waals surface area contributed by atoms with Gasteiger partial charge in [-0.25, -0.2) is 0 Å². The van der Waals surface area contributed by atoms with Crippen LogP contribution in [0.3, 0.4) is 0 Å². The lowest BCUT2D eigenvalue weighted by Gasteiger charge is -2.10. The fourth-order valence-corrected chi connectivity index (χ4v) is 3.48. The van der Waals surface area contributed by atoms with Crippen LogP contribution in [0.15, 0.2) is 52.2 Å². The summed E-state index contributed by atoms with van der Waals surface area (Å²) in [6, 6.07) is 11.2. The molecule has 1 aromatic carbocycles. The van der Waals surface area contributed by atoms with Crippen LogP contribution in [0.1, 0.15) is 26.0 Å². The zero-order valence-electron chi connectivity index (χ0n) is 15.9. The Hall–Kier alpha value is -2.25. The number of nitrogens with one attached hydrogen (secondary N) is 1. The molecule has 0 unspecified atom stereocenters. The molecule has 0 fully saturated rings. The van der Waals surface area contributed by atoms with Crippen molar-refractivity contribution in [1.82, 2.24) is 20.1 Å². The number of carbonyl (C=O) groups is 1. The van der Waals surface area contributed by atoms with Crippen molar-refractivity contribution in [2.45, 2.75) is 32.0 Å². The van der Waals surface area contributed by atoms with E-state index in [1.54, 1.807) is 6.26 Å². The van der Waals surface area contributed by atoms with Crippen LogP contribution in [0.25, 0.3) is 11.4 Å². The first-order valence-electron chi connectivity index (χ1n) is 9.14. The monoisotopic (exact) mass is 418 g/mol. The molecule has 0 radical (unpaired) electrons. The zero-order chi connectivity index (χ0) is 19.9. The topological polar surface area (TPSA) is 73.0 Å². The molecule has 0 bridgehead atoms. The van der Waals surface area contributed by atoms with Gasteiger partial charge >= 0.3 is 0 Å². The van der Waals surface area contributed by atoms with Gasteiger partial charge in [-0.1, -0.05) is 37.2 Å². The van der Waals surface area contributed by atoms with Gasteiger partial charge in [-0.2, -0.15) is 0 Å². The Morgan fingerprint density at radius 2 is 2.04 bits per heavy atom. The van der Waals surface area contributed by atoms with Gasteiger partial charge in [0.25, 0.3) is 0 Å². The molecular weight excluding hydrogens is 396 g/mol. The van der Waals surface area contributed by atoms with Crippen LogP contribution in [0, 0.1) is 5.92 Å². The van der Waals surface area contributed by atoms with Crippen LogP contribution in [-0.4, -0.2) is 33.0 Å². The Kier molecular flexibility index (Phi) is 7.17. The highest BCUT2D eigenvalue weighted by Crippen LogP contribution is 2.26. The zero-order valence-corrected chi connectivity index (χ0v) is 17.5. The van der Waals surface area contributed by atoms with E-state index in [1.165, 1.54) is 11.8 Å². The molecule has 0 aliphatic carbocycles. The minimum Gasteiger partial charge on any atom is -0.467 e. The molecule has 3 rings (SSSR count). The van der Waals surface area contributed by atoms with Crippen molar-refractivity contribution >= 4 is 29.3 Å². The van der Waals surface area contributed by atoms with E-state index in [-0.39, 0.29) is 11.7 Å².